The first-order valence-electron chi connectivity index (χ1n) is 8.78. The Morgan fingerprint density at radius 3 is 2.71 bits per heavy atom. The van der Waals surface area contributed by atoms with Crippen molar-refractivity contribution in [2.45, 2.75) is 6.42 Å². The lowest BCUT2D eigenvalue weighted by molar-refractivity contribution is -0.115. The Morgan fingerprint density at radius 1 is 1.11 bits per heavy atom. The molecule has 140 valence electrons. The molecule has 2 aromatic carbocycles. The number of ether oxygens (including phenoxy) is 1. The summed E-state index contributed by atoms with van der Waals surface area (Å²) in [5, 5.41) is 3.60. The van der Waals surface area contributed by atoms with Gasteiger partial charge >= 0.3 is 0 Å². The lowest BCUT2D eigenvalue weighted by Crippen LogP contribution is -2.14. The fourth-order valence-corrected chi connectivity index (χ4v) is 3.16. The Hall–Kier alpha value is -3.31. The van der Waals surface area contributed by atoms with Crippen molar-refractivity contribution in [1.29, 1.82) is 0 Å². The average Bonchev–Trinajstić information content (AvgIpc) is 3.12. The van der Waals surface area contributed by atoms with E-state index in [1.54, 1.807) is 7.11 Å². The maximum absolute atomic E-state index is 12.4. The van der Waals surface area contributed by atoms with Gasteiger partial charge in [0.15, 0.2) is 0 Å². The molecule has 28 heavy (non-hydrogen) atoms. The molecule has 0 bridgehead atoms. The van der Waals surface area contributed by atoms with Crippen LogP contribution in [0, 0.1) is 0 Å². The van der Waals surface area contributed by atoms with Gasteiger partial charge in [0.2, 0.25) is 5.91 Å². The summed E-state index contributed by atoms with van der Waals surface area (Å²) in [6.45, 7) is 0. The van der Waals surface area contributed by atoms with Crippen molar-refractivity contribution >= 4 is 28.8 Å². The number of anilines is 1. The molecule has 2 aromatic heterocycles. The SMILES string of the molecule is COc1ccc(CC(=O)Nc2cccc(-c3cn4cc(Cl)ccc4n3)c2)cc1. The number of hydrogen-bond donors (Lipinski definition) is 1. The molecule has 0 fully saturated rings. The topological polar surface area (TPSA) is 55.6 Å². The number of imidazole rings is 1. The Bertz CT molecular complexity index is 1140. The van der Waals surface area contributed by atoms with E-state index in [1.165, 1.54) is 0 Å². The van der Waals surface area contributed by atoms with Crippen LogP contribution in [0.1, 0.15) is 5.56 Å². The second-order valence-corrected chi connectivity index (χ2v) is 6.83. The number of carbonyl (C=O) groups excluding carboxylic acids is 1. The monoisotopic (exact) mass is 391 g/mol. The Labute approximate surface area is 167 Å². The lowest BCUT2D eigenvalue weighted by atomic mass is 10.1. The minimum atomic E-state index is -0.0795. The molecular weight excluding hydrogens is 374 g/mol. The molecule has 4 rings (SSSR count). The molecular formula is C22H18ClN3O2. The predicted molar refractivity (Wildman–Crippen MR) is 111 cm³/mol. The minimum Gasteiger partial charge on any atom is -0.497 e. The van der Waals surface area contributed by atoms with E-state index in [0.29, 0.717) is 11.4 Å². The van der Waals surface area contributed by atoms with Crippen LogP contribution >= 0.6 is 11.6 Å². The highest BCUT2D eigenvalue weighted by atomic mass is 35.5. The zero-order valence-electron chi connectivity index (χ0n) is 15.2. The number of pyridine rings is 1. The standard InChI is InChI=1S/C22H18ClN3O2/c1-28-19-8-5-15(6-9-19)11-22(27)24-18-4-2-3-16(12-18)20-14-26-13-17(23)7-10-21(26)25-20/h2-10,12-14H,11H2,1H3,(H,24,27). The minimum absolute atomic E-state index is 0.0795. The average molecular weight is 392 g/mol. The van der Waals surface area contributed by atoms with E-state index in [0.717, 1.165) is 33.9 Å². The van der Waals surface area contributed by atoms with Crippen molar-refractivity contribution in [3.8, 4) is 17.0 Å². The highest BCUT2D eigenvalue weighted by molar-refractivity contribution is 6.30. The fraction of sp³-hybridized carbons (Fsp3) is 0.0909. The largest absolute Gasteiger partial charge is 0.497 e. The summed E-state index contributed by atoms with van der Waals surface area (Å²) in [6, 6.07) is 18.8. The van der Waals surface area contributed by atoms with Crippen LogP contribution in [0.3, 0.4) is 0 Å². The highest BCUT2D eigenvalue weighted by Crippen LogP contribution is 2.23. The quantitative estimate of drug-likeness (QED) is 0.529. The van der Waals surface area contributed by atoms with Crippen molar-refractivity contribution in [3.05, 3.63) is 83.6 Å². The fourth-order valence-electron chi connectivity index (χ4n) is 2.99. The third-order valence-corrected chi connectivity index (χ3v) is 4.60. The van der Waals surface area contributed by atoms with Crippen LogP contribution in [0.2, 0.25) is 5.02 Å². The summed E-state index contributed by atoms with van der Waals surface area (Å²) >= 11 is 6.04. The van der Waals surface area contributed by atoms with Crippen molar-refractivity contribution in [2.24, 2.45) is 0 Å². The van der Waals surface area contributed by atoms with Gasteiger partial charge in [-0.25, -0.2) is 4.98 Å². The van der Waals surface area contributed by atoms with Crippen LogP contribution < -0.4 is 10.1 Å². The molecule has 1 N–H and O–H groups in total. The van der Waals surface area contributed by atoms with Crippen molar-refractivity contribution < 1.29 is 9.53 Å². The molecule has 1 amide bonds. The molecule has 0 aliphatic carbocycles. The number of nitrogens with zero attached hydrogens (tertiary/aromatic N) is 2. The first-order chi connectivity index (χ1) is 13.6. The number of benzene rings is 2. The first kappa shape index (κ1) is 18.1. The summed E-state index contributed by atoms with van der Waals surface area (Å²) in [6.07, 6.45) is 4.02. The summed E-state index contributed by atoms with van der Waals surface area (Å²) in [7, 11) is 1.62. The van der Waals surface area contributed by atoms with Gasteiger partial charge in [-0.1, -0.05) is 35.9 Å². The van der Waals surface area contributed by atoms with Crippen LogP contribution in [0.5, 0.6) is 5.75 Å². The number of fused-ring (bicyclic) bond motifs is 1. The number of methoxy groups -OCH3 is 1. The number of nitrogens with one attached hydrogen (secondary N) is 1. The Morgan fingerprint density at radius 2 is 1.93 bits per heavy atom. The van der Waals surface area contributed by atoms with Crippen LogP contribution in [0.25, 0.3) is 16.9 Å². The lowest BCUT2D eigenvalue weighted by Gasteiger charge is -2.07. The van der Waals surface area contributed by atoms with Crippen molar-refractivity contribution in [2.75, 3.05) is 12.4 Å². The summed E-state index contributed by atoms with van der Waals surface area (Å²) in [5.41, 5.74) is 4.20. The van der Waals surface area contributed by atoms with E-state index in [4.69, 9.17) is 16.3 Å². The van der Waals surface area contributed by atoms with Gasteiger partial charge in [-0.3, -0.25) is 4.79 Å². The molecule has 0 saturated heterocycles. The zero-order chi connectivity index (χ0) is 19.5. The Kier molecular flexibility index (Phi) is 5.00. The van der Waals surface area contributed by atoms with E-state index in [2.05, 4.69) is 10.3 Å². The second-order valence-electron chi connectivity index (χ2n) is 6.39. The van der Waals surface area contributed by atoms with E-state index in [9.17, 15) is 4.79 Å². The molecule has 0 spiro atoms. The maximum Gasteiger partial charge on any atom is 0.228 e. The van der Waals surface area contributed by atoms with Crippen molar-refractivity contribution in [1.82, 2.24) is 9.38 Å². The molecule has 6 heteroatoms. The third-order valence-electron chi connectivity index (χ3n) is 4.38. The van der Waals surface area contributed by atoms with Gasteiger partial charge in [-0.05, 0) is 42.0 Å². The first-order valence-corrected chi connectivity index (χ1v) is 9.16. The van der Waals surface area contributed by atoms with E-state index >= 15 is 0 Å². The van der Waals surface area contributed by atoms with Gasteiger partial charge in [0, 0.05) is 23.6 Å². The number of aromatic nitrogens is 2. The van der Waals surface area contributed by atoms with Gasteiger partial charge in [0.25, 0.3) is 0 Å². The smallest absolute Gasteiger partial charge is 0.228 e. The summed E-state index contributed by atoms with van der Waals surface area (Å²) in [4.78, 5) is 17.0. The highest BCUT2D eigenvalue weighted by Gasteiger charge is 2.08. The second kappa shape index (κ2) is 7.74. The van der Waals surface area contributed by atoms with Gasteiger partial charge in [0.05, 0.1) is 24.2 Å². The van der Waals surface area contributed by atoms with E-state index in [1.807, 2.05) is 77.5 Å². The van der Waals surface area contributed by atoms with Crippen LogP contribution in [-0.2, 0) is 11.2 Å². The number of hydrogen-bond acceptors (Lipinski definition) is 3. The molecule has 0 aliphatic heterocycles. The summed E-state index contributed by atoms with van der Waals surface area (Å²) < 4.78 is 7.02. The third kappa shape index (κ3) is 4.00. The van der Waals surface area contributed by atoms with Crippen LogP contribution in [0.4, 0.5) is 5.69 Å². The molecule has 0 atom stereocenters. The molecule has 0 saturated carbocycles. The molecule has 0 radical (unpaired) electrons. The molecule has 2 heterocycles. The van der Waals surface area contributed by atoms with Gasteiger partial charge in [-0.2, -0.15) is 0 Å². The van der Waals surface area contributed by atoms with Gasteiger partial charge in [0.1, 0.15) is 11.4 Å². The van der Waals surface area contributed by atoms with Crippen LogP contribution in [-0.4, -0.2) is 22.4 Å². The van der Waals surface area contributed by atoms with Gasteiger partial charge in [-0.15, -0.1) is 0 Å². The van der Waals surface area contributed by atoms with Crippen molar-refractivity contribution in [3.63, 3.8) is 0 Å². The number of rotatable bonds is 5. The molecule has 0 aliphatic rings. The molecule has 4 aromatic rings. The summed E-state index contributed by atoms with van der Waals surface area (Å²) in [5.74, 6) is 0.690. The maximum atomic E-state index is 12.4. The molecule has 5 nitrogen and oxygen atoms in total. The Balaban J connectivity index is 1.50. The number of carbonyl (C=O) groups is 1. The van der Waals surface area contributed by atoms with E-state index in [-0.39, 0.29) is 5.91 Å². The van der Waals surface area contributed by atoms with E-state index < -0.39 is 0 Å². The zero-order valence-corrected chi connectivity index (χ0v) is 16.0. The normalized spacial score (nSPS) is 10.8. The number of halogens is 1. The number of amides is 1. The molecule has 0 unspecified atom stereocenters. The van der Waals surface area contributed by atoms with Crippen LogP contribution in [0.15, 0.2) is 73.1 Å². The predicted octanol–water partition coefficient (Wildman–Crippen LogP) is 4.84. The van der Waals surface area contributed by atoms with Gasteiger partial charge < -0.3 is 14.5 Å².